The summed E-state index contributed by atoms with van der Waals surface area (Å²) in [5, 5.41) is 19.9. The first-order valence-corrected chi connectivity index (χ1v) is 7.23. The van der Waals surface area contributed by atoms with E-state index in [0.717, 1.165) is 24.0 Å². The Bertz CT molecular complexity index is 605. The maximum atomic E-state index is 11.4. The van der Waals surface area contributed by atoms with E-state index in [1.165, 1.54) is 0 Å². The van der Waals surface area contributed by atoms with E-state index in [0.29, 0.717) is 12.0 Å². The van der Waals surface area contributed by atoms with Gasteiger partial charge in [-0.25, -0.2) is 4.79 Å². The first-order chi connectivity index (χ1) is 10.1. The fourth-order valence-corrected chi connectivity index (χ4v) is 2.51. The van der Waals surface area contributed by atoms with E-state index < -0.39 is 12.1 Å². The van der Waals surface area contributed by atoms with Gasteiger partial charge in [0.15, 0.2) is 0 Å². The minimum atomic E-state index is -0.941. The van der Waals surface area contributed by atoms with Crippen LogP contribution in [0, 0.1) is 0 Å². The predicted octanol–water partition coefficient (Wildman–Crippen LogP) is 3.81. The van der Waals surface area contributed by atoms with Crippen LogP contribution in [0.25, 0.3) is 0 Å². The van der Waals surface area contributed by atoms with Crippen molar-refractivity contribution in [2.75, 3.05) is 0 Å². The average Bonchev–Trinajstić information content (AvgIpc) is 2.52. The molecule has 0 saturated heterocycles. The SMILES string of the molecule is CCCCc1c(C(=O)O)cccc1C(O)c1ccccc1. The third-order valence-electron chi connectivity index (χ3n) is 3.63. The molecule has 0 radical (unpaired) electrons. The molecule has 0 heterocycles. The normalized spacial score (nSPS) is 12.1. The van der Waals surface area contributed by atoms with Crippen LogP contribution >= 0.6 is 0 Å². The fraction of sp³-hybridized carbons (Fsp3) is 0.278. The van der Waals surface area contributed by atoms with Crippen LogP contribution in [0.2, 0.25) is 0 Å². The lowest BCUT2D eigenvalue weighted by Gasteiger charge is -2.18. The lowest BCUT2D eigenvalue weighted by molar-refractivity contribution is 0.0695. The molecule has 0 aliphatic carbocycles. The van der Waals surface area contributed by atoms with Crippen molar-refractivity contribution in [1.29, 1.82) is 0 Å². The molecule has 2 aromatic carbocycles. The van der Waals surface area contributed by atoms with Crippen molar-refractivity contribution in [2.45, 2.75) is 32.3 Å². The molecule has 0 aromatic heterocycles. The Morgan fingerprint density at radius 2 is 1.81 bits per heavy atom. The zero-order chi connectivity index (χ0) is 15.2. The topological polar surface area (TPSA) is 57.5 Å². The van der Waals surface area contributed by atoms with Crippen LogP contribution in [0.3, 0.4) is 0 Å². The largest absolute Gasteiger partial charge is 0.478 e. The lowest BCUT2D eigenvalue weighted by Crippen LogP contribution is -2.10. The van der Waals surface area contributed by atoms with Gasteiger partial charge in [-0.2, -0.15) is 0 Å². The van der Waals surface area contributed by atoms with E-state index in [1.807, 2.05) is 36.4 Å². The molecule has 1 atom stereocenters. The number of unbranched alkanes of at least 4 members (excludes halogenated alkanes) is 1. The Hall–Kier alpha value is -2.13. The Kier molecular flexibility index (Phi) is 5.12. The molecule has 0 spiro atoms. The molecule has 0 saturated carbocycles. The fourth-order valence-electron chi connectivity index (χ4n) is 2.51. The van der Waals surface area contributed by atoms with Crippen LogP contribution in [0.4, 0.5) is 0 Å². The maximum Gasteiger partial charge on any atom is 0.335 e. The highest BCUT2D eigenvalue weighted by Gasteiger charge is 2.19. The Balaban J connectivity index is 2.46. The zero-order valence-corrected chi connectivity index (χ0v) is 12.1. The highest BCUT2D eigenvalue weighted by Crippen LogP contribution is 2.28. The van der Waals surface area contributed by atoms with Crippen LogP contribution < -0.4 is 0 Å². The molecule has 1 unspecified atom stereocenters. The molecule has 3 nitrogen and oxygen atoms in total. The van der Waals surface area contributed by atoms with Gasteiger partial charge in [0.25, 0.3) is 0 Å². The van der Waals surface area contributed by atoms with Crippen molar-refractivity contribution in [2.24, 2.45) is 0 Å². The highest BCUT2D eigenvalue weighted by molar-refractivity contribution is 5.89. The molecule has 0 amide bonds. The molecule has 2 aromatic rings. The number of hydrogen-bond donors (Lipinski definition) is 2. The summed E-state index contributed by atoms with van der Waals surface area (Å²) in [5.41, 5.74) is 2.49. The van der Waals surface area contributed by atoms with Gasteiger partial charge < -0.3 is 10.2 Å². The van der Waals surface area contributed by atoms with Crippen molar-refractivity contribution >= 4 is 5.97 Å². The molecule has 0 bridgehead atoms. The maximum absolute atomic E-state index is 11.4. The minimum Gasteiger partial charge on any atom is -0.478 e. The molecular weight excluding hydrogens is 264 g/mol. The van der Waals surface area contributed by atoms with Crippen LogP contribution in [-0.2, 0) is 6.42 Å². The number of aromatic carboxylic acids is 1. The number of carbonyl (C=O) groups is 1. The van der Waals surface area contributed by atoms with E-state index in [-0.39, 0.29) is 5.56 Å². The number of carboxylic acid groups (broad SMARTS) is 1. The molecule has 2 N–H and O–H groups in total. The average molecular weight is 284 g/mol. The van der Waals surface area contributed by atoms with Crippen molar-refractivity contribution in [3.05, 3.63) is 70.8 Å². The Morgan fingerprint density at radius 1 is 1.10 bits per heavy atom. The van der Waals surface area contributed by atoms with Gasteiger partial charge in [-0.15, -0.1) is 0 Å². The summed E-state index contributed by atoms with van der Waals surface area (Å²) in [6, 6.07) is 14.4. The predicted molar refractivity (Wildman–Crippen MR) is 82.5 cm³/mol. The summed E-state index contributed by atoms with van der Waals surface area (Å²) >= 11 is 0. The van der Waals surface area contributed by atoms with Crippen LogP contribution in [0.15, 0.2) is 48.5 Å². The molecule has 2 rings (SSSR count). The Morgan fingerprint density at radius 3 is 2.43 bits per heavy atom. The van der Waals surface area contributed by atoms with Crippen LogP contribution in [0.5, 0.6) is 0 Å². The summed E-state index contributed by atoms with van der Waals surface area (Å²) in [6.07, 6.45) is 1.75. The molecule has 0 fully saturated rings. The summed E-state index contributed by atoms with van der Waals surface area (Å²) in [4.78, 5) is 11.4. The first kappa shape index (κ1) is 15.3. The van der Waals surface area contributed by atoms with Gasteiger partial charge in [-0.1, -0.05) is 55.8 Å². The summed E-state index contributed by atoms with van der Waals surface area (Å²) < 4.78 is 0. The van der Waals surface area contributed by atoms with Crippen molar-refractivity contribution in [3.63, 3.8) is 0 Å². The van der Waals surface area contributed by atoms with E-state index in [9.17, 15) is 15.0 Å². The van der Waals surface area contributed by atoms with Crippen molar-refractivity contribution in [1.82, 2.24) is 0 Å². The van der Waals surface area contributed by atoms with Gasteiger partial charge in [0.2, 0.25) is 0 Å². The number of aliphatic hydroxyl groups is 1. The second kappa shape index (κ2) is 7.04. The van der Waals surface area contributed by atoms with Crippen molar-refractivity contribution < 1.29 is 15.0 Å². The monoisotopic (exact) mass is 284 g/mol. The smallest absolute Gasteiger partial charge is 0.335 e. The molecule has 3 heteroatoms. The van der Waals surface area contributed by atoms with E-state index in [1.54, 1.807) is 12.1 Å². The Labute approximate surface area is 124 Å². The molecule has 0 aliphatic rings. The number of aliphatic hydroxyl groups excluding tert-OH is 1. The van der Waals surface area contributed by atoms with Gasteiger partial charge in [-0.3, -0.25) is 0 Å². The second-order valence-electron chi connectivity index (χ2n) is 5.10. The van der Waals surface area contributed by atoms with Crippen molar-refractivity contribution in [3.8, 4) is 0 Å². The van der Waals surface area contributed by atoms with E-state index >= 15 is 0 Å². The third-order valence-corrected chi connectivity index (χ3v) is 3.63. The molecule has 21 heavy (non-hydrogen) atoms. The first-order valence-electron chi connectivity index (χ1n) is 7.23. The lowest BCUT2D eigenvalue weighted by atomic mass is 9.90. The number of carboxylic acids is 1. The highest BCUT2D eigenvalue weighted by atomic mass is 16.4. The summed E-state index contributed by atoms with van der Waals surface area (Å²) in [7, 11) is 0. The standard InChI is InChI=1S/C18H20O3/c1-2-3-10-14-15(11-7-12-16(14)18(20)21)17(19)13-8-5-4-6-9-13/h4-9,11-12,17,19H,2-3,10H2,1H3,(H,20,21). The van der Waals surface area contributed by atoms with Gasteiger partial charge in [0.1, 0.15) is 6.10 Å². The summed E-state index contributed by atoms with van der Waals surface area (Å²) in [5.74, 6) is -0.941. The van der Waals surface area contributed by atoms with Gasteiger partial charge >= 0.3 is 5.97 Å². The molecule has 0 aliphatic heterocycles. The molecule has 110 valence electrons. The number of hydrogen-bond acceptors (Lipinski definition) is 2. The molecular formula is C18H20O3. The number of rotatable bonds is 6. The number of benzene rings is 2. The van der Waals surface area contributed by atoms with E-state index in [4.69, 9.17) is 0 Å². The van der Waals surface area contributed by atoms with Gasteiger partial charge in [0.05, 0.1) is 5.56 Å². The van der Waals surface area contributed by atoms with Gasteiger partial charge in [0, 0.05) is 0 Å². The van der Waals surface area contributed by atoms with Crippen LogP contribution in [0.1, 0.15) is 52.9 Å². The quantitative estimate of drug-likeness (QED) is 0.848. The van der Waals surface area contributed by atoms with Crippen LogP contribution in [-0.4, -0.2) is 16.2 Å². The third kappa shape index (κ3) is 3.50. The zero-order valence-electron chi connectivity index (χ0n) is 12.1. The summed E-state index contributed by atoms with van der Waals surface area (Å²) in [6.45, 7) is 2.07. The minimum absolute atomic E-state index is 0.288. The second-order valence-corrected chi connectivity index (χ2v) is 5.10. The van der Waals surface area contributed by atoms with Gasteiger partial charge in [-0.05, 0) is 35.6 Å². The van der Waals surface area contributed by atoms with E-state index in [2.05, 4.69) is 6.92 Å².